The van der Waals surface area contributed by atoms with Gasteiger partial charge >= 0.3 is 6.97 Å². The average Bonchev–Trinajstić information content (AvgIpc) is 3.17. The van der Waals surface area contributed by atoms with Gasteiger partial charge in [0.25, 0.3) is 0 Å². The summed E-state index contributed by atoms with van der Waals surface area (Å²) in [4.78, 5) is 11.0. The van der Waals surface area contributed by atoms with Gasteiger partial charge in [-0.05, 0) is 30.0 Å². The Bertz CT molecular complexity index is 926. The van der Waals surface area contributed by atoms with Crippen LogP contribution in [0.25, 0.3) is 5.57 Å². The monoisotopic (exact) mass is 330 g/mol. The topological polar surface area (TPSA) is 25.0 Å². The zero-order valence-electron chi connectivity index (χ0n) is 11.8. The minimum absolute atomic E-state index is 0.221. The Hall–Kier alpha value is -2.47. The number of hydrogen-bond acceptors (Lipinski definition) is 1. The Balaban J connectivity index is 2.05. The maximum absolute atomic E-state index is 14.8. The molecule has 0 amide bonds. The van der Waals surface area contributed by atoms with Gasteiger partial charge in [0.05, 0.1) is 5.57 Å². The van der Waals surface area contributed by atoms with E-state index in [0.717, 1.165) is 14.5 Å². The van der Waals surface area contributed by atoms with Gasteiger partial charge in [-0.15, -0.1) is 0 Å². The van der Waals surface area contributed by atoms with E-state index in [0.29, 0.717) is 28.3 Å². The van der Waals surface area contributed by atoms with Gasteiger partial charge in [0.2, 0.25) is 0 Å². The van der Waals surface area contributed by atoms with Crippen LogP contribution < -0.4 is 0 Å². The van der Waals surface area contributed by atoms with Crippen molar-refractivity contribution in [3.63, 3.8) is 0 Å². The molecular weight excluding hydrogens is 320 g/mol. The molecule has 114 valence electrons. The zero-order chi connectivity index (χ0) is 16.2. The summed E-state index contributed by atoms with van der Waals surface area (Å²) in [6.07, 6.45) is 6.37. The van der Waals surface area contributed by atoms with Gasteiger partial charge in [-0.2, -0.15) is 0 Å². The number of allylic oxidation sites excluding steroid dienone is 2. The summed E-state index contributed by atoms with van der Waals surface area (Å²) in [6.45, 7) is -4.02. The van der Waals surface area contributed by atoms with Crippen LogP contribution in [0.3, 0.4) is 0 Å². The van der Waals surface area contributed by atoms with Crippen LogP contribution in [-0.4, -0.2) is 28.4 Å². The van der Waals surface area contributed by atoms with Crippen LogP contribution in [0.5, 0.6) is 0 Å². The fourth-order valence-electron chi connectivity index (χ4n) is 3.08. The van der Waals surface area contributed by atoms with Crippen LogP contribution in [0.2, 0.25) is 5.02 Å². The lowest BCUT2D eigenvalue weighted by atomic mass is 9.86. The van der Waals surface area contributed by atoms with Crippen molar-refractivity contribution < 1.29 is 17.9 Å². The Morgan fingerprint density at radius 1 is 1.22 bits per heavy atom. The molecule has 2 aliphatic rings. The number of aromatic nitrogens is 1. The molecule has 3 heterocycles. The largest absolute Gasteiger partial charge is 0.737 e. The smallest absolute Gasteiger partial charge is 0.395 e. The number of rotatable bonds is 2. The molecule has 3 nitrogen and oxygen atoms in total. The molecule has 0 radical (unpaired) electrons. The van der Waals surface area contributed by atoms with E-state index in [2.05, 4.69) is 0 Å². The minimum atomic E-state index is -4.02. The van der Waals surface area contributed by atoms with Crippen molar-refractivity contribution in [3.8, 4) is 0 Å². The molecule has 0 saturated heterocycles. The van der Waals surface area contributed by atoms with E-state index in [1.54, 1.807) is 36.4 Å². The summed E-state index contributed by atoms with van der Waals surface area (Å²) in [5, 5.41) is 0.569. The second-order valence-electron chi connectivity index (χ2n) is 5.45. The second kappa shape index (κ2) is 4.76. The number of nitrogens with zero attached hydrogens (tertiary/aromatic N) is 2. The Labute approximate surface area is 135 Å². The Morgan fingerprint density at radius 2 is 1.96 bits per heavy atom. The van der Waals surface area contributed by atoms with Gasteiger partial charge in [-0.25, -0.2) is 0 Å². The first-order valence-corrected chi connectivity index (χ1v) is 7.40. The highest BCUT2D eigenvalue weighted by atomic mass is 35.5. The molecule has 0 fully saturated rings. The van der Waals surface area contributed by atoms with Gasteiger partial charge in [0.15, 0.2) is 12.0 Å². The fourth-order valence-corrected chi connectivity index (χ4v) is 3.20. The molecule has 23 heavy (non-hydrogen) atoms. The quantitative estimate of drug-likeness (QED) is 0.610. The third kappa shape index (κ3) is 1.95. The Morgan fingerprint density at radius 3 is 2.65 bits per heavy atom. The Kier molecular flexibility index (Phi) is 2.93. The zero-order valence-corrected chi connectivity index (χ0v) is 12.5. The highest BCUT2D eigenvalue weighted by Crippen LogP contribution is 2.39. The molecule has 0 spiro atoms. The van der Waals surface area contributed by atoms with Crippen LogP contribution in [0.15, 0.2) is 54.4 Å². The van der Waals surface area contributed by atoms with Crippen LogP contribution >= 0.6 is 11.6 Å². The number of hydrogen-bond donors (Lipinski definition) is 0. The summed E-state index contributed by atoms with van der Waals surface area (Å²) in [6, 6.07) is 8.47. The molecule has 1 aromatic carbocycles. The van der Waals surface area contributed by atoms with E-state index in [4.69, 9.17) is 11.6 Å². The molecule has 0 aliphatic carbocycles. The van der Waals surface area contributed by atoms with E-state index in [1.807, 2.05) is 0 Å². The first-order chi connectivity index (χ1) is 11.0. The number of fused-ring (bicyclic) bond motifs is 2. The predicted molar refractivity (Wildman–Crippen MR) is 86.1 cm³/mol. The van der Waals surface area contributed by atoms with E-state index in [9.17, 15) is 13.4 Å². The molecular formula is C16H10BClF2N2O. The molecule has 0 saturated carbocycles. The van der Waals surface area contributed by atoms with E-state index < -0.39 is 6.97 Å². The highest BCUT2D eigenvalue weighted by molar-refractivity contribution is 6.57. The lowest BCUT2D eigenvalue weighted by Gasteiger charge is -2.30. The predicted octanol–water partition coefficient (Wildman–Crippen LogP) is 3.60. The molecule has 7 heteroatoms. The summed E-state index contributed by atoms with van der Waals surface area (Å²) >= 11 is 5.92. The lowest BCUT2D eigenvalue weighted by Crippen LogP contribution is -2.49. The van der Waals surface area contributed by atoms with Gasteiger partial charge in [0.1, 0.15) is 6.21 Å². The summed E-state index contributed by atoms with van der Waals surface area (Å²) in [7, 11) is 0. The molecule has 1 aromatic heterocycles. The van der Waals surface area contributed by atoms with Crippen LogP contribution in [0, 0.1) is 0 Å². The molecule has 0 unspecified atom stereocenters. The molecule has 0 atom stereocenters. The molecule has 0 N–H and O–H groups in total. The maximum atomic E-state index is 14.8. The average molecular weight is 331 g/mol. The number of carbonyl (C=O) groups excluding carboxylic acids is 1. The number of halogens is 3. The van der Waals surface area contributed by atoms with Crippen LogP contribution in [0.4, 0.5) is 8.63 Å². The second-order valence-corrected chi connectivity index (χ2v) is 5.89. The molecule has 2 aliphatic heterocycles. The number of aldehydes is 1. The van der Waals surface area contributed by atoms with Gasteiger partial charge in [0, 0.05) is 28.4 Å². The van der Waals surface area contributed by atoms with Crippen molar-refractivity contribution in [1.82, 2.24) is 4.48 Å². The lowest BCUT2D eigenvalue weighted by molar-refractivity contribution is -0.356. The molecule has 4 rings (SSSR count). The minimum Gasteiger partial charge on any atom is -0.395 e. The van der Waals surface area contributed by atoms with Crippen LogP contribution in [0.1, 0.15) is 21.6 Å². The van der Waals surface area contributed by atoms with Crippen molar-refractivity contribution in [2.24, 2.45) is 0 Å². The fraction of sp³-hybridized carbons (Fsp3) is 0. The third-order valence-corrected chi connectivity index (χ3v) is 4.35. The van der Waals surface area contributed by atoms with Crippen molar-refractivity contribution in [2.45, 2.75) is 0 Å². The molecule has 2 aromatic rings. The van der Waals surface area contributed by atoms with Crippen molar-refractivity contribution in [2.75, 3.05) is 0 Å². The van der Waals surface area contributed by atoms with Crippen molar-refractivity contribution in [3.05, 3.63) is 76.2 Å². The highest BCUT2D eigenvalue weighted by Gasteiger charge is 2.51. The summed E-state index contributed by atoms with van der Waals surface area (Å²) in [5.41, 5.74) is 2.37. The van der Waals surface area contributed by atoms with Gasteiger partial charge in [-0.1, -0.05) is 23.7 Å². The normalized spacial score (nSPS) is 17.8. The van der Waals surface area contributed by atoms with E-state index in [1.165, 1.54) is 18.5 Å². The maximum Gasteiger partial charge on any atom is 0.737 e. The number of carbonyl (C=O) groups is 1. The van der Waals surface area contributed by atoms with Crippen LogP contribution in [-0.2, 0) is 0 Å². The van der Waals surface area contributed by atoms with Gasteiger partial charge in [-0.3, -0.25) is 4.79 Å². The SMILES string of the molecule is O=Cc1cc2n(c1)[B-](F)(F)[N+]1=CC=CC1=C2c1ccc(Cl)cc1. The first-order valence-electron chi connectivity index (χ1n) is 7.02. The van der Waals surface area contributed by atoms with E-state index >= 15 is 0 Å². The van der Waals surface area contributed by atoms with E-state index in [-0.39, 0.29) is 5.56 Å². The summed E-state index contributed by atoms with van der Waals surface area (Å²) in [5.74, 6) is 0. The van der Waals surface area contributed by atoms with Crippen molar-refractivity contribution in [1.29, 1.82) is 0 Å². The number of benzene rings is 1. The summed E-state index contributed by atoms with van der Waals surface area (Å²) < 4.78 is 31.4. The van der Waals surface area contributed by atoms with Crippen molar-refractivity contribution >= 4 is 36.6 Å². The molecule has 0 bridgehead atoms. The standard InChI is InChI=1S/C16H10BClF2N2O/c18-13-5-3-12(4-6-13)16-14-2-1-7-21(14)17(19,20)22-9-11(10-23)8-15(16)22/h1-10H. The third-order valence-electron chi connectivity index (χ3n) is 4.10. The van der Waals surface area contributed by atoms with Gasteiger partial charge < -0.3 is 17.6 Å². The first kappa shape index (κ1) is 14.1.